The lowest BCUT2D eigenvalue weighted by atomic mass is 9.81. The Labute approximate surface area is 168 Å². The number of carbonyl (C=O) groups is 4. The minimum absolute atomic E-state index is 0.0422. The third-order valence-electron chi connectivity index (χ3n) is 4.97. The smallest absolute Gasteiger partial charge is 0.341 e. The first-order valence-corrected chi connectivity index (χ1v) is 9.29. The van der Waals surface area contributed by atoms with Crippen molar-refractivity contribution in [2.24, 2.45) is 0 Å². The molecule has 156 valence electrons. The Bertz CT molecular complexity index is 1160. The first-order valence-electron chi connectivity index (χ1n) is 9.29. The van der Waals surface area contributed by atoms with Gasteiger partial charge in [0.15, 0.2) is 5.78 Å². The average Bonchev–Trinajstić information content (AvgIpc) is 2.65. The van der Waals surface area contributed by atoms with Gasteiger partial charge in [-0.05, 0) is 24.0 Å². The minimum atomic E-state index is -1.55. The van der Waals surface area contributed by atoms with Crippen LogP contribution < -0.4 is 11.1 Å². The summed E-state index contributed by atoms with van der Waals surface area (Å²) < 4.78 is 0. The summed E-state index contributed by atoms with van der Waals surface area (Å²) in [4.78, 5) is 78.8. The van der Waals surface area contributed by atoms with Crippen LogP contribution in [0.15, 0.2) is 9.59 Å². The number of aromatic amines is 2. The van der Waals surface area contributed by atoms with Crippen LogP contribution >= 0.6 is 0 Å². The van der Waals surface area contributed by atoms with Crippen molar-refractivity contribution in [1.29, 1.82) is 0 Å². The second kappa shape index (κ2) is 7.54. The molecule has 0 saturated heterocycles. The van der Waals surface area contributed by atoms with Gasteiger partial charge in [0.25, 0.3) is 11.1 Å². The van der Waals surface area contributed by atoms with Crippen molar-refractivity contribution in [3.63, 3.8) is 0 Å². The second-order valence-corrected chi connectivity index (χ2v) is 6.88. The predicted molar refractivity (Wildman–Crippen MR) is 103 cm³/mol. The highest BCUT2D eigenvalue weighted by Gasteiger charge is 2.39. The van der Waals surface area contributed by atoms with Crippen LogP contribution in [0.4, 0.5) is 0 Å². The molecule has 0 aliphatic heterocycles. The third-order valence-corrected chi connectivity index (χ3v) is 4.97. The molecule has 4 N–H and O–H groups in total. The van der Waals surface area contributed by atoms with Crippen molar-refractivity contribution in [2.75, 3.05) is 0 Å². The minimum Gasteiger partial charge on any atom is -0.477 e. The molecule has 0 amide bonds. The van der Waals surface area contributed by atoms with Crippen molar-refractivity contribution >= 4 is 23.5 Å². The van der Waals surface area contributed by atoms with Gasteiger partial charge in [0.05, 0.1) is 11.1 Å². The number of ketones is 2. The van der Waals surface area contributed by atoms with E-state index >= 15 is 0 Å². The summed E-state index contributed by atoms with van der Waals surface area (Å²) in [6, 6.07) is 0. The van der Waals surface area contributed by atoms with Gasteiger partial charge in [-0.3, -0.25) is 19.2 Å². The number of carboxylic acid groups (broad SMARTS) is 2. The molecule has 0 radical (unpaired) electrons. The van der Waals surface area contributed by atoms with E-state index in [0.29, 0.717) is 12.8 Å². The topological polar surface area (TPSA) is 174 Å². The summed E-state index contributed by atoms with van der Waals surface area (Å²) in [5.41, 5.74) is -4.88. The maximum absolute atomic E-state index is 13.4. The number of aromatic carboxylic acids is 2. The van der Waals surface area contributed by atoms with Crippen molar-refractivity contribution < 1.29 is 29.4 Å². The number of carbonyl (C=O) groups excluding carboxylic acids is 2. The number of aromatic nitrogens is 2. The fourth-order valence-corrected chi connectivity index (χ4v) is 3.85. The summed E-state index contributed by atoms with van der Waals surface area (Å²) >= 11 is 0. The van der Waals surface area contributed by atoms with Gasteiger partial charge < -0.3 is 20.2 Å². The van der Waals surface area contributed by atoms with E-state index in [9.17, 15) is 39.0 Å². The number of hydrogen-bond donors (Lipinski definition) is 4. The first kappa shape index (κ1) is 20.9. The van der Waals surface area contributed by atoms with E-state index in [-0.39, 0.29) is 35.1 Å². The normalized spacial score (nSPS) is 12.5. The van der Waals surface area contributed by atoms with E-state index in [1.54, 1.807) is 13.8 Å². The standard InChI is InChI=1S/C20H18N2O8/c1-3-5-7-9-13(21-17(25)11(7)19(27)28)16(24)14-10(15(9)23)8(6-4-2)12(20(29)30)18(26)22-14/h3-6H2,1-2H3,(H,21,25)(H,22,26)(H,27,28)(H,29,30). The zero-order valence-electron chi connectivity index (χ0n) is 16.2. The molecular weight excluding hydrogens is 396 g/mol. The van der Waals surface area contributed by atoms with Gasteiger partial charge in [-0.15, -0.1) is 0 Å². The zero-order chi connectivity index (χ0) is 22.3. The molecule has 2 heterocycles. The van der Waals surface area contributed by atoms with Gasteiger partial charge in [-0.1, -0.05) is 26.7 Å². The van der Waals surface area contributed by atoms with Crippen LogP contribution in [0.5, 0.6) is 0 Å². The summed E-state index contributed by atoms with van der Waals surface area (Å²) in [6.07, 6.45) is 0.859. The molecular formula is C20H18N2O8. The van der Waals surface area contributed by atoms with Crippen LogP contribution in [-0.2, 0) is 12.8 Å². The van der Waals surface area contributed by atoms with Crippen molar-refractivity contribution in [1.82, 2.24) is 9.97 Å². The largest absolute Gasteiger partial charge is 0.477 e. The molecule has 0 fully saturated rings. The zero-order valence-corrected chi connectivity index (χ0v) is 16.2. The molecule has 0 bridgehead atoms. The van der Waals surface area contributed by atoms with Gasteiger partial charge in [0, 0.05) is 0 Å². The number of carboxylic acids is 2. The second-order valence-electron chi connectivity index (χ2n) is 6.88. The highest BCUT2D eigenvalue weighted by Crippen LogP contribution is 2.31. The van der Waals surface area contributed by atoms with E-state index in [1.165, 1.54) is 0 Å². The molecule has 0 atom stereocenters. The van der Waals surface area contributed by atoms with Gasteiger partial charge in [-0.2, -0.15) is 0 Å². The molecule has 1 aliphatic rings. The van der Waals surface area contributed by atoms with Crippen molar-refractivity contribution in [3.05, 3.63) is 65.5 Å². The number of rotatable bonds is 6. The Hall–Kier alpha value is -3.82. The highest BCUT2D eigenvalue weighted by atomic mass is 16.4. The Morgan fingerprint density at radius 1 is 0.700 bits per heavy atom. The number of nitrogens with one attached hydrogen (secondary N) is 2. The first-order chi connectivity index (χ1) is 14.1. The highest BCUT2D eigenvalue weighted by molar-refractivity contribution is 6.28. The van der Waals surface area contributed by atoms with Crippen LogP contribution in [0.2, 0.25) is 0 Å². The number of H-pyrrole nitrogens is 2. The number of hydrogen-bond acceptors (Lipinski definition) is 6. The van der Waals surface area contributed by atoms with Crippen molar-refractivity contribution in [2.45, 2.75) is 39.5 Å². The molecule has 2 aromatic heterocycles. The lowest BCUT2D eigenvalue weighted by Crippen LogP contribution is -2.36. The summed E-state index contributed by atoms with van der Waals surface area (Å²) in [6.45, 7) is 3.43. The van der Waals surface area contributed by atoms with E-state index < -0.39 is 57.1 Å². The Kier molecular flexibility index (Phi) is 5.26. The van der Waals surface area contributed by atoms with E-state index in [2.05, 4.69) is 9.97 Å². The maximum Gasteiger partial charge on any atom is 0.341 e. The van der Waals surface area contributed by atoms with Crippen molar-refractivity contribution in [3.8, 4) is 0 Å². The monoisotopic (exact) mass is 414 g/mol. The van der Waals surface area contributed by atoms with E-state index in [1.807, 2.05) is 0 Å². The van der Waals surface area contributed by atoms with E-state index in [0.717, 1.165) is 0 Å². The molecule has 0 unspecified atom stereocenters. The van der Waals surface area contributed by atoms with Gasteiger partial charge in [0.2, 0.25) is 5.78 Å². The number of pyridine rings is 2. The average molecular weight is 414 g/mol. The summed E-state index contributed by atoms with van der Waals surface area (Å²) in [7, 11) is 0. The molecule has 1 aliphatic carbocycles. The molecule has 0 spiro atoms. The molecule has 10 heteroatoms. The molecule has 10 nitrogen and oxygen atoms in total. The van der Waals surface area contributed by atoms with Gasteiger partial charge in [-0.25, -0.2) is 9.59 Å². The molecule has 0 aromatic carbocycles. The fourth-order valence-electron chi connectivity index (χ4n) is 3.85. The molecule has 30 heavy (non-hydrogen) atoms. The molecule has 2 aromatic rings. The van der Waals surface area contributed by atoms with Gasteiger partial charge in [0.1, 0.15) is 22.5 Å². The SMILES string of the molecule is CCCc1c2c([nH]c(=O)c1C(=O)O)C(=O)c1[nH]c(=O)c(C(=O)O)c(CCC)c1C2=O. The fraction of sp³-hybridized carbons (Fsp3) is 0.300. The Balaban J connectivity index is 2.49. The summed E-state index contributed by atoms with van der Waals surface area (Å²) in [5, 5.41) is 18.9. The molecule has 3 rings (SSSR count). The Morgan fingerprint density at radius 3 is 1.37 bits per heavy atom. The van der Waals surface area contributed by atoms with Crippen LogP contribution in [0.3, 0.4) is 0 Å². The predicted octanol–water partition coefficient (Wildman–Crippen LogP) is 1.14. The lowest BCUT2D eigenvalue weighted by molar-refractivity contribution is 0.0682. The number of fused-ring (bicyclic) bond motifs is 2. The van der Waals surface area contributed by atoms with Crippen LogP contribution in [0.1, 0.15) is 90.6 Å². The molecule has 0 saturated carbocycles. The maximum atomic E-state index is 13.4. The summed E-state index contributed by atoms with van der Waals surface area (Å²) in [5.74, 6) is -4.77. The van der Waals surface area contributed by atoms with Gasteiger partial charge >= 0.3 is 11.9 Å². The van der Waals surface area contributed by atoms with E-state index in [4.69, 9.17) is 0 Å². The Morgan fingerprint density at radius 2 is 1.07 bits per heavy atom. The van der Waals surface area contributed by atoms with Crippen LogP contribution in [0, 0.1) is 0 Å². The third kappa shape index (κ3) is 2.97. The van der Waals surface area contributed by atoms with Crippen LogP contribution in [-0.4, -0.2) is 43.7 Å². The quantitative estimate of drug-likeness (QED) is 0.464. The lowest BCUT2D eigenvalue weighted by Gasteiger charge is -2.23. The van der Waals surface area contributed by atoms with Crippen LogP contribution in [0.25, 0.3) is 0 Å².